The lowest BCUT2D eigenvalue weighted by Gasteiger charge is -2.31. The summed E-state index contributed by atoms with van der Waals surface area (Å²) in [6.07, 6.45) is 0. The average molecular weight is 681 g/mol. The molecule has 15 heteroatoms. The molecule has 3 atom stereocenters. The SMILES string of the molecule is CCOc1cc([C@@H]2c3sc(=O)n(CC(=O)Nc4ccc(S(N)(=O)=O)cc4)c3SC3C(=O)N(c4ccc(C)cc4)C(=O)C32)ccc1O. The van der Waals surface area contributed by atoms with E-state index in [1.807, 2.05) is 19.1 Å². The Balaban J connectivity index is 1.39. The number of hydrogen-bond donors (Lipinski definition) is 3. The fourth-order valence-electron chi connectivity index (χ4n) is 5.63. The van der Waals surface area contributed by atoms with Gasteiger partial charge in [-0.3, -0.25) is 23.7 Å². The first kappa shape index (κ1) is 31.5. The number of carbonyl (C=O) groups excluding carboxylic acids is 3. The number of thioether (sulfide) groups is 1. The number of aromatic nitrogens is 1. The van der Waals surface area contributed by atoms with E-state index in [-0.39, 0.29) is 28.7 Å². The highest BCUT2D eigenvalue weighted by molar-refractivity contribution is 8.00. The molecule has 238 valence electrons. The molecule has 3 aromatic carbocycles. The number of carbonyl (C=O) groups is 3. The first-order valence-electron chi connectivity index (χ1n) is 14.1. The number of ether oxygens (including phenoxy) is 1. The highest BCUT2D eigenvalue weighted by Crippen LogP contribution is 2.54. The number of nitrogens with two attached hydrogens (primary N) is 1. The van der Waals surface area contributed by atoms with E-state index in [1.165, 1.54) is 39.8 Å². The molecule has 1 aromatic heterocycles. The second kappa shape index (κ2) is 12.1. The highest BCUT2D eigenvalue weighted by Gasteiger charge is 2.57. The van der Waals surface area contributed by atoms with Gasteiger partial charge in [-0.25, -0.2) is 18.5 Å². The zero-order valence-electron chi connectivity index (χ0n) is 24.5. The lowest BCUT2D eigenvalue weighted by Crippen LogP contribution is -2.33. The number of nitrogens with one attached hydrogen (secondary N) is 1. The molecule has 0 bridgehead atoms. The number of aryl methyl sites for hydroxylation is 1. The third-order valence-electron chi connectivity index (χ3n) is 7.75. The lowest BCUT2D eigenvalue weighted by molar-refractivity contribution is -0.122. The number of phenols is 1. The van der Waals surface area contributed by atoms with Crippen LogP contribution in [0.15, 0.2) is 81.4 Å². The number of primary sulfonamides is 1. The van der Waals surface area contributed by atoms with E-state index in [0.717, 1.165) is 28.7 Å². The van der Waals surface area contributed by atoms with Crippen LogP contribution in [0.25, 0.3) is 0 Å². The number of aromatic hydroxyl groups is 1. The number of anilines is 2. The van der Waals surface area contributed by atoms with E-state index in [4.69, 9.17) is 9.88 Å². The number of phenolic OH excluding ortho intramolecular Hbond substituents is 1. The van der Waals surface area contributed by atoms with Crippen LogP contribution in [0.3, 0.4) is 0 Å². The minimum atomic E-state index is -3.92. The molecule has 0 radical (unpaired) electrons. The largest absolute Gasteiger partial charge is 0.504 e. The maximum Gasteiger partial charge on any atom is 0.308 e. The van der Waals surface area contributed by atoms with Crippen LogP contribution in [-0.2, 0) is 31.0 Å². The molecule has 1 saturated heterocycles. The van der Waals surface area contributed by atoms with Crippen molar-refractivity contribution in [2.24, 2.45) is 11.1 Å². The van der Waals surface area contributed by atoms with Gasteiger partial charge < -0.3 is 15.2 Å². The van der Waals surface area contributed by atoms with Crippen molar-refractivity contribution in [2.75, 3.05) is 16.8 Å². The molecule has 2 aliphatic rings. The van der Waals surface area contributed by atoms with E-state index >= 15 is 0 Å². The van der Waals surface area contributed by atoms with Gasteiger partial charge in [0.2, 0.25) is 27.7 Å². The summed E-state index contributed by atoms with van der Waals surface area (Å²) in [5, 5.41) is 17.7. The third-order valence-corrected chi connectivity index (χ3v) is 11.3. The molecule has 4 N–H and O–H groups in total. The smallest absolute Gasteiger partial charge is 0.308 e. The van der Waals surface area contributed by atoms with Crippen LogP contribution in [0.4, 0.5) is 11.4 Å². The zero-order valence-corrected chi connectivity index (χ0v) is 26.9. The Morgan fingerprint density at radius 3 is 2.37 bits per heavy atom. The van der Waals surface area contributed by atoms with Crippen LogP contribution in [0.5, 0.6) is 11.5 Å². The Labute approximate surface area is 271 Å². The van der Waals surface area contributed by atoms with E-state index in [2.05, 4.69) is 5.32 Å². The number of sulfonamides is 1. The summed E-state index contributed by atoms with van der Waals surface area (Å²) in [6, 6.07) is 17.0. The van der Waals surface area contributed by atoms with Crippen LogP contribution >= 0.6 is 23.1 Å². The van der Waals surface area contributed by atoms with Crippen molar-refractivity contribution in [3.63, 3.8) is 0 Å². The van der Waals surface area contributed by atoms with Gasteiger partial charge in [0.05, 0.1) is 28.1 Å². The van der Waals surface area contributed by atoms with Crippen molar-refractivity contribution in [3.8, 4) is 11.5 Å². The lowest BCUT2D eigenvalue weighted by atomic mass is 9.83. The normalized spacial score (nSPS) is 19.1. The number of nitrogens with zero attached hydrogens (tertiary/aromatic N) is 2. The van der Waals surface area contributed by atoms with Gasteiger partial charge >= 0.3 is 4.87 Å². The van der Waals surface area contributed by atoms with Gasteiger partial charge in [-0.05, 0) is 67.9 Å². The zero-order chi connectivity index (χ0) is 32.9. The first-order chi connectivity index (χ1) is 21.9. The van der Waals surface area contributed by atoms with Crippen molar-refractivity contribution >= 4 is 62.2 Å². The van der Waals surface area contributed by atoms with Crippen LogP contribution in [0.1, 0.15) is 28.8 Å². The van der Waals surface area contributed by atoms with Gasteiger partial charge in [0.25, 0.3) is 0 Å². The van der Waals surface area contributed by atoms with Crippen LogP contribution in [0, 0.1) is 12.8 Å². The number of amides is 3. The monoisotopic (exact) mass is 680 g/mol. The summed E-state index contributed by atoms with van der Waals surface area (Å²) in [5.41, 5.74) is 2.25. The number of fused-ring (bicyclic) bond motifs is 2. The minimum Gasteiger partial charge on any atom is -0.504 e. The molecule has 46 heavy (non-hydrogen) atoms. The molecule has 0 spiro atoms. The van der Waals surface area contributed by atoms with Crippen molar-refractivity contribution < 1.29 is 32.6 Å². The Hall–Kier alpha value is -4.44. The summed E-state index contributed by atoms with van der Waals surface area (Å²) in [7, 11) is -3.92. The van der Waals surface area contributed by atoms with E-state index < -0.39 is 56.2 Å². The van der Waals surface area contributed by atoms with Gasteiger partial charge in [-0.1, -0.05) is 46.9 Å². The van der Waals surface area contributed by atoms with E-state index in [1.54, 1.807) is 31.2 Å². The van der Waals surface area contributed by atoms with Crippen molar-refractivity contribution in [1.29, 1.82) is 0 Å². The van der Waals surface area contributed by atoms with Crippen LogP contribution in [0.2, 0.25) is 0 Å². The molecule has 2 aliphatic heterocycles. The summed E-state index contributed by atoms with van der Waals surface area (Å²) >= 11 is 1.97. The Kier molecular flexibility index (Phi) is 8.27. The van der Waals surface area contributed by atoms with Crippen LogP contribution < -0.4 is 25.0 Å². The summed E-state index contributed by atoms with van der Waals surface area (Å²) in [4.78, 5) is 55.7. The molecular weight excluding hydrogens is 653 g/mol. The van der Waals surface area contributed by atoms with Gasteiger partial charge in [-0.2, -0.15) is 0 Å². The number of hydrogen-bond acceptors (Lipinski definition) is 10. The Morgan fingerprint density at radius 2 is 1.72 bits per heavy atom. The maximum absolute atomic E-state index is 14.1. The molecule has 0 aliphatic carbocycles. The predicted octanol–water partition coefficient (Wildman–Crippen LogP) is 3.40. The van der Waals surface area contributed by atoms with E-state index in [9.17, 15) is 32.7 Å². The summed E-state index contributed by atoms with van der Waals surface area (Å²) in [6.45, 7) is 3.54. The van der Waals surface area contributed by atoms with Gasteiger partial charge in [0.1, 0.15) is 11.8 Å². The van der Waals surface area contributed by atoms with Crippen molar-refractivity contribution in [2.45, 2.75) is 41.5 Å². The first-order valence-corrected chi connectivity index (χ1v) is 17.3. The average Bonchev–Trinajstić information content (AvgIpc) is 3.45. The van der Waals surface area contributed by atoms with Gasteiger partial charge in [0, 0.05) is 16.5 Å². The molecular formula is C31H28N4O8S3. The van der Waals surface area contributed by atoms with E-state index in [0.29, 0.717) is 21.2 Å². The van der Waals surface area contributed by atoms with Gasteiger partial charge in [0.15, 0.2) is 11.5 Å². The molecule has 6 rings (SSSR count). The summed E-state index contributed by atoms with van der Waals surface area (Å²) in [5.74, 6) is -2.94. The second-order valence-corrected chi connectivity index (χ2v) is 14.5. The van der Waals surface area contributed by atoms with Crippen molar-refractivity contribution in [3.05, 3.63) is 92.4 Å². The maximum atomic E-state index is 14.1. The molecule has 1 fully saturated rings. The molecule has 4 aromatic rings. The highest BCUT2D eigenvalue weighted by atomic mass is 32.2. The number of imide groups is 1. The summed E-state index contributed by atoms with van der Waals surface area (Å²) < 4.78 is 30.0. The predicted molar refractivity (Wildman–Crippen MR) is 173 cm³/mol. The van der Waals surface area contributed by atoms with Crippen molar-refractivity contribution in [1.82, 2.24) is 4.57 Å². The molecule has 12 nitrogen and oxygen atoms in total. The minimum absolute atomic E-state index is 0.0952. The number of thiazole rings is 1. The third kappa shape index (κ3) is 5.70. The van der Waals surface area contributed by atoms with Gasteiger partial charge in [-0.15, -0.1) is 0 Å². The fourth-order valence-corrected chi connectivity index (χ4v) is 8.92. The Bertz CT molecular complexity index is 2040. The van der Waals surface area contributed by atoms with Crippen LogP contribution in [-0.4, -0.2) is 47.7 Å². The molecule has 3 heterocycles. The Morgan fingerprint density at radius 1 is 1.02 bits per heavy atom. The number of benzene rings is 3. The second-order valence-electron chi connectivity index (χ2n) is 10.8. The standard InChI is InChI=1S/C31H28N4O8S3/c1-3-43-22-14-17(6-13-21(22)36)24-25-26(29(39)35(28(25)38)19-9-4-16(2)5-10-19)44-30-27(24)45-31(40)34(30)15-23(37)33-18-7-11-20(12-8-18)46(32,41)42/h4-14,24-26,36H,3,15H2,1-2H3,(H,33,37)(H2,32,41,42)/t24-,25?,26?/m0/s1. The number of rotatable bonds is 8. The molecule has 0 saturated carbocycles. The topological polar surface area (TPSA) is 178 Å². The molecule has 2 unspecified atom stereocenters. The molecule has 3 amide bonds. The fraction of sp³-hybridized carbons (Fsp3) is 0.226. The quantitative estimate of drug-likeness (QED) is 0.235.